The van der Waals surface area contributed by atoms with Crippen LogP contribution in [0.15, 0.2) is 24.3 Å². The lowest BCUT2D eigenvalue weighted by molar-refractivity contribution is 0.193. The van der Waals surface area contributed by atoms with Gasteiger partial charge in [0.1, 0.15) is 11.0 Å². The molecule has 16 heavy (non-hydrogen) atoms. The van der Waals surface area contributed by atoms with Crippen LogP contribution in [0.25, 0.3) is 0 Å². The van der Waals surface area contributed by atoms with Gasteiger partial charge in [-0.25, -0.2) is 4.79 Å². The molecule has 1 aromatic carbocycles. The monoisotopic (exact) mass is 236 g/mol. The van der Waals surface area contributed by atoms with Gasteiger partial charge in [-0.05, 0) is 17.5 Å². The van der Waals surface area contributed by atoms with Crippen molar-refractivity contribution in [1.82, 2.24) is 10.6 Å². The summed E-state index contributed by atoms with van der Waals surface area (Å²) in [5.41, 5.74) is 2.08. The molecule has 1 unspecified atom stereocenters. The second-order valence-electron chi connectivity index (χ2n) is 3.62. The van der Waals surface area contributed by atoms with E-state index in [1.54, 1.807) is 0 Å². The second kappa shape index (κ2) is 4.49. The fourth-order valence-electron chi connectivity index (χ4n) is 1.87. The molecule has 0 fully saturated rings. The van der Waals surface area contributed by atoms with Crippen molar-refractivity contribution in [2.24, 2.45) is 0 Å². The van der Waals surface area contributed by atoms with E-state index in [1.165, 1.54) is 0 Å². The van der Waals surface area contributed by atoms with Crippen LogP contribution in [0.4, 0.5) is 4.79 Å². The largest absolute Gasteiger partial charge is 0.465 e. The number of hydrogen-bond acceptors (Lipinski definition) is 2. The highest BCUT2D eigenvalue weighted by Crippen LogP contribution is 2.21. The van der Waals surface area contributed by atoms with Gasteiger partial charge in [-0.2, -0.15) is 0 Å². The summed E-state index contributed by atoms with van der Waals surface area (Å²) in [6.07, 6.45) is -0.209. The molecule has 0 aliphatic carbocycles. The first-order chi connectivity index (χ1) is 7.68. The minimum absolute atomic E-state index is 0.439. The fourth-order valence-corrected chi connectivity index (χ4v) is 2.16. The van der Waals surface area contributed by atoms with Gasteiger partial charge in [0, 0.05) is 6.54 Å². The van der Waals surface area contributed by atoms with Gasteiger partial charge in [0.05, 0.1) is 0 Å². The van der Waals surface area contributed by atoms with Gasteiger partial charge < -0.3 is 15.7 Å². The molecule has 0 saturated heterocycles. The van der Waals surface area contributed by atoms with Gasteiger partial charge in [0.2, 0.25) is 0 Å². The number of nitrogens with one attached hydrogen (secondary N) is 2. The minimum Gasteiger partial charge on any atom is -0.465 e. The van der Waals surface area contributed by atoms with E-state index in [2.05, 4.69) is 10.6 Å². The Bertz CT molecular complexity index is 434. The summed E-state index contributed by atoms with van der Waals surface area (Å²) < 4.78 is 0. The number of thiocarbonyl (C=S) groups is 1. The minimum atomic E-state index is -1.06. The van der Waals surface area contributed by atoms with Crippen LogP contribution < -0.4 is 10.6 Å². The molecule has 1 heterocycles. The summed E-state index contributed by atoms with van der Waals surface area (Å²) in [4.78, 5) is 11.3. The molecule has 1 amide bonds. The highest BCUT2D eigenvalue weighted by molar-refractivity contribution is 7.80. The lowest BCUT2D eigenvalue weighted by atomic mass is 10.00. The van der Waals surface area contributed by atoms with E-state index in [4.69, 9.17) is 17.3 Å². The second-order valence-corrected chi connectivity index (χ2v) is 4.06. The van der Waals surface area contributed by atoms with Crippen LogP contribution in [0, 0.1) is 0 Å². The van der Waals surface area contributed by atoms with Gasteiger partial charge in [-0.1, -0.05) is 36.5 Å². The standard InChI is InChI=1S/C11H12N2O2S/c14-11(15)13-9-8-4-2-1-3-7(8)5-6-12-10(9)16/h1-4,9,13H,5-6H2,(H,12,16)(H,14,15). The fraction of sp³-hybridized carbons (Fsp3) is 0.273. The normalized spacial score (nSPS) is 19.2. The number of carbonyl (C=O) groups is 1. The molecule has 4 nitrogen and oxygen atoms in total. The Kier molecular flexibility index (Phi) is 3.05. The van der Waals surface area contributed by atoms with Gasteiger partial charge in [-0.15, -0.1) is 0 Å². The van der Waals surface area contributed by atoms with Gasteiger partial charge >= 0.3 is 6.09 Å². The Morgan fingerprint density at radius 3 is 3.00 bits per heavy atom. The summed E-state index contributed by atoms with van der Waals surface area (Å²) in [6, 6.07) is 7.32. The van der Waals surface area contributed by atoms with Crippen LogP contribution in [-0.2, 0) is 6.42 Å². The Morgan fingerprint density at radius 2 is 2.25 bits per heavy atom. The average molecular weight is 236 g/mol. The molecule has 1 aliphatic heterocycles. The molecule has 1 aromatic rings. The molecule has 1 aliphatic rings. The maximum absolute atomic E-state index is 10.7. The molecule has 0 spiro atoms. The van der Waals surface area contributed by atoms with Crippen LogP contribution in [0.5, 0.6) is 0 Å². The van der Waals surface area contributed by atoms with E-state index >= 15 is 0 Å². The maximum Gasteiger partial charge on any atom is 0.405 e. The van der Waals surface area contributed by atoms with E-state index < -0.39 is 12.1 Å². The number of benzene rings is 1. The Balaban J connectivity index is 2.39. The zero-order valence-corrected chi connectivity index (χ0v) is 9.38. The van der Waals surface area contributed by atoms with E-state index in [0.29, 0.717) is 4.99 Å². The molecular formula is C11H12N2O2S. The summed E-state index contributed by atoms with van der Waals surface area (Å²) >= 11 is 5.17. The first kappa shape index (κ1) is 10.9. The molecule has 0 bridgehead atoms. The molecule has 5 heteroatoms. The first-order valence-corrected chi connectivity index (χ1v) is 5.44. The number of carboxylic acid groups (broad SMARTS) is 1. The lowest BCUT2D eigenvalue weighted by Gasteiger charge is -2.18. The van der Waals surface area contributed by atoms with Crippen molar-refractivity contribution in [2.75, 3.05) is 6.54 Å². The molecule has 84 valence electrons. The van der Waals surface area contributed by atoms with Crippen molar-refractivity contribution in [3.8, 4) is 0 Å². The van der Waals surface area contributed by atoms with E-state index in [0.717, 1.165) is 24.1 Å². The summed E-state index contributed by atoms with van der Waals surface area (Å²) in [6.45, 7) is 0.744. The van der Waals surface area contributed by atoms with Gasteiger partial charge in [-0.3, -0.25) is 0 Å². The number of fused-ring (bicyclic) bond motifs is 1. The summed E-state index contributed by atoms with van der Waals surface area (Å²) in [7, 11) is 0. The van der Waals surface area contributed by atoms with Crippen molar-refractivity contribution in [2.45, 2.75) is 12.5 Å². The average Bonchev–Trinajstić information content (AvgIpc) is 2.40. The predicted octanol–water partition coefficient (Wildman–Crippen LogP) is 1.47. The SMILES string of the molecule is O=C(O)NC1C(=S)NCCc2ccccc21. The Labute approximate surface area is 98.7 Å². The van der Waals surface area contributed by atoms with Crippen molar-refractivity contribution in [1.29, 1.82) is 0 Å². The Hall–Kier alpha value is -1.62. The number of rotatable bonds is 1. The van der Waals surface area contributed by atoms with Crippen LogP contribution >= 0.6 is 12.2 Å². The molecule has 0 saturated carbocycles. The van der Waals surface area contributed by atoms with Crippen molar-refractivity contribution in [3.63, 3.8) is 0 Å². The van der Waals surface area contributed by atoms with Crippen LogP contribution in [0.3, 0.4) is 0 Å². The summed E-state index contributed by atoms with van der Waals surface area (Å²) in [5.74, 6) is 0. The van der Waals surface area contributed by atoms with Gasteiger partial charge in [0.25, 0.3) is 0 Å². The zero-order chi connectivity index (χ0) is 11.5. The predicted molar refractivity (Wildman–Crippen MR) is 64.6 cm³/mol. The highest BCUT2D eigenvalue weighted by atomic mass is 32.1. The maximum atomic E-state index is 10.7. The van der Waals surface area contributed by atoms with Gasteiger partial charge in [0.15, 0.2) is 0 Å². The molecule has 2 rings (SSSR count). The molecule has 3 N–H and O–H groups in total. The molecular weight excluding hydrogens is 224 g/mol. The van der Waals surface area contributed by atoms with E-state index in [1.807, 2.05) is 24.3 Å². The van der Waals surface area contributed by atoms with Crippen molar-refractivity contribution in [3.05, 3.63) is 35.4 Å². The molecule has 0 aromatic heterocycles. The molecule has 0 radical (unpaired) electrons. The van der Waals surface area contributed by atoms with Crippen LogP contribution in [0.1, 0.15) is 17.2 Å². The van der Waals surface area contributed by atoms with Crippen LogP contribution in [0.2, 0.25) is 0 Å². The molecule has 1 atom stereocenters. The number of hydrogen-bond donors (Lipinski definition) is 3. The zero-order valence-electron chi connectivity index (χ0n) is 8.56. The topological polar surface area (TPSA) is 61.4 Å². The lowest BCUT2D eigenvalue weighted by Crippen LogP contribution is -2.37. The third kappa shape index (κ3) is 2.14. The van der Waals surface area contributed by atoms with Crippen LogP contribution in [-0.4, -0.2) is 22.7 Å². The Morgan fingerprint density at radius 1 is 1.50 bits per heavy atom. The quantitative estimate of drug-likeness (QED) is 0.646. The van der Waals surface area contributed by atoms with E-state index in [-0.39, 0.29) is 0 Å². The highest BCUT2D eigenvalue weighted by Gasteiger charge is 2.23. The van der Waals surface area contributed by atoms with Crippen molar-refractivity contribution < 1.29 is 9.90 Å². The third-order valence-corrected chi connectivity index (χ3v) is 2.97. The van der Waals surface area contributed by atoms with Crippen molar-refractivity contribution >= 4 is 23.3 Å². The summed E-state index contributed by atoms with van der Waals surface area (Å²) in [5, 5.41) is 14.3. The number of amides is 1. The van der Waals surface area contributed by atoms with E-state index in [9.17, 15) is 4.79 Å². The smallest absolute Gasteiger partial charge is 0.405 e. The first-order valence-electron chi connectivity index (χ1n) is 5.03. The third-order valence-electron chi connectivity index (χ3n) is 2.59.